The molecular formula is C16H22BrN3O2. The predicted octanol–water partition coefficient (Wildman–Crippen LogP) is 3.99. The molecule has 0 aliphatic heterocycles. The van der Waals surface area contributed by atoms with E-state index in [1.54, 1.807) is 7.11 Å². The minimum Gasteiger partial charge on any atom is -0.496 e. The Hall–Kier alpha value is -1.40. The normalized spacial score (nSPS) is 13.2. The maximum Gasteiger partial charge on any atom is 0.243 e. The second-order valence-electron chi connectivity index (χ2n) is 6.26. The van der Waals surface area contributed by atoms with Gasteiger partial charge in [-0.3, -0.25) is 0 Å². The largest absolute Gasteiger partial charge is 0.496 e. The Morgan fingerprint density at radius 2 is 2.09 bits per heavy atom. The summed E-state index contributed by atoms with van der Waals surface area (Å²) >= 11 is 3.48. The molecule has 1 unspecified atom stereocenters. The van der Waals surface area contributed by atoms with Crippen LogP contribution in [0.5, 0.6) is 5.75 Å². The van der Waals surface area contributed by atoms with Crippen molar-refractivity contribution in [3.63, 3.8) is 0 Å². The Kier molecular flexibility index (Phi) is 5.24. The highest BCUT2D eigenvalue weighted by atomic mass is 79.9. The van der Waals surface area contributed by atoms with Crippen LogP contribution in [0.2, 0.25) is 0 Å². The van der Waals surface area contributed by atoms with Crippen LogP contribution in [0.1, 0.15) is 51.0 Å². The quantitative estimate of drug-likeness (QED) is 0.865. The van der Waals surface area contributed by atoms with Gasteiger partial charge in [0.05, 0.1) is 13.2 Å². The lowest BCUT2D eigenvalue weighted by atomic mass is 9.96. The van der Waals surface area contributed by atoms with Crippen molar-refractivity contribution in [2.75, 3.05) is 7.11 Å². The number of aromatic nitrogens is 2. The molecule has 1 N–H and O–H groups in total. The van der Waals surface area contributed by atoms with E-state index in [2.05, 4.69) is 52.2 Å². The van der Waals surface area contributed by atoms with Gasteiger partial charge in [0, 0.05) is 22.0 Å². The zero-order valence-electron chi connectivity index (χ0n) is 13.6. The molecule has 0 saturated carbocycles. The van der Waals surface area contributed by atoms with Crippen LogP contribution in [0.4, 0.5) is 0 Å². The van der Waals surface area contributed by atoms with Gasteiger partial charge in [-0.25, -0.2) is 0 Å². The number of nitrogens with one attached hydrogen (secondary N) is 1. The summed E-state index contributed by atoms with van der Waals surface area (Å²) in [4.78, 5) is 4.47. The van der Waals surface area contributed by atoms with Gasteiger partial charge in [0.25, 0.3) is 0 Å². The van der Waals surface area contributed by atoms with E-state index in [1.165, 1.54) is 0 Å². The standard InChI is InChI=1S/C16H22BrN3O2/c1-10(14-19-15(20-22-14)16(2,3)4)18-9-11-8-12(17)6-7-13(11)21-5/h6-8,10,18H,9H2,1-5H3. The lowest BCUT2D eigenvalue weighted by molar-refractivity contribution is 0.329. The fraction of sp³-hybridized carbons (Fsp3) is 0.500. The van der Waals surface area contributed by atoms with E-state index in [4.69, 9.17) is 9.26 Å². The van der Waals surface area contributed by atoms with Crippen molar-refractivity contribution in [2.45, 2.75) is 45.7 Å². The van der Waals surface area contributed by atoms with Gasteiger partial charge < -0.3 is 14.6 Å². The molecule has 5 nitrogen and oxygen atoms in total. The highest BCUT2D eigenvalue weighted by Crippen LogP contribution is 2.24. The maximum absolute atomic E-state index is 5.37. The number of nitrogens with zero attached hydrogens (tertiary/aromatic N) is 2. The van der Waals surface area contributed by atoms with Gasteiger partial charge >= 0.3 is 0 Å². The molecule has 120 valence electrons. The molecule has 0 spiro atoms. The third-order valence-corrected chi connectivity index (χ3v) is 3.82. The number of halogens is 1. The van der Waals surface area contributed by atoms with Crippen molar-refractivity contribution in [3.05, 3.63) is 40.0 Å². The van der Waals surface area contributed by atoms with Crippen molar-refractivity contribution in [3.8, 4) is 5.75 Å². The molecule has 1 aromatic carbocycles. The van der Waals surface area contributed by atoms with Gasteiger partial charge in [-0.05, 0) is 25.1 Å². The van der Waals surface area contributed by atoms with Crippen LogP contribution in [0.3, 0.4) is 0 Å². The van der Waals surface area contributed by atoms with E-state index in [9.17, 15) is 0 Å². The molecule has 22 heavy (non-hydrogen) atoms. The fourth-order valence-corrected chi connectivity index (χ4v) is 2.36. The van der Waals surface area contributed by atoms with Crippen LogP contribution < -0.4 is 10.1 Å². The smallest absolute Gasteiger partial charge is 0.243 e. The summed E-state index contributed by atoms with van der Waals surface area (Å²) in [5, 5.41) is 7.44. The zero-order valence-corrected chi connectivity index (χ0v) is 15.2. The minimum atomic E-state index is -0.116. The Balaban J connectivity index is 2.05. The van der Waals surface area contributed by atoms with E-state index in [0.29, 0.717) is 12.4 Å². The van der Waals surface area contributed by atoms with Crippen LogP contribution in [0, 0.1) is 0 Å². The minimum absolute atomic E-state index is 0.0349. The summed E-state index contributed by atoms with van der Waals surface area (Å²) in [6.07, 6.45) is 0. The molecule has 2 rings (SSSR count). The fourth-order valence-electron chi connectivity index (χ4n) is 1.95. The van der Waals surface area contributed by atoms with E-state index < -0.39 is 0 Å². The molecule has 0 bridgehead atoms. The van der Waals surface area contributed by atoms with Gasteiger partial charge in [-0.1, -0.05) is 41.9 Å². The zero-order chi connectivity index (χ0) is 16.3. The van der Waals surface area contributed by atoms with Gasteiger partial charge in [0.15, 0.2) is 5.82 Å². The monoisotopic (exact) mass is 367 g/mol. The molecule has 0 fully saturated rings. The van der Waals surface area contributed by atoms with Crippen molar-refractivity contribution in [1.29, 1.82) is 0 Å². The summed E-state index contributed by atoms with van der Waals surface area (Å²) in [5.41, 5.74) is 0.953. The molecular weight excluding hydrogens is 346 g/mol. The number of ether oxygens (including phenoxy) is 1. The Bertz CT molecular complexity index is 635. The van der Waals surface area contributed by atoms with Gasteiger partial charge in [-0.15, -0.1) is 0 Å². The summed E-state index contributed by atoms with van der Waals surface area (Å²) in [5.74, 6) is 2.17. The van der Waals surface area contributed by atoms with E-state index in [0.717, 1.165) is 21.6 Å². The Morgan fingerprint density at radius 3 is 2.68 bits per heavy atom. The highest BCUT2D eigenvalue weighted by molar-refractivity contribution is 9.10. The number of benzene rings is 1. The van der Waals surface area contributed by atoms with Crippen LogP contribution in [-0.4, -0.2) is 17.3 Å². The molecule has 1 aromatic heterocycles. The first kappa shape index (κ1) is 17.0. The van der Waals surface area contributed by atoms with Crippen molar-refractivity contribution < 1.29 is 9.26 Å². The highest BCUT2D eigenvalue weighted by Gasteiger charge is 2.23. The first-order valence-electron chi connectivity index (χ1n) is 7.21. The number of hydrogen-bond acceptors (Lipinski definition) is 5. The Labute approximate surface area is 139 Å². The van der Waals surface area contributed by atoms with E-state index in [1.807, 2.05) is 25.1 Å². The lowest BCUT2D eigenvalue weighted by Crippen LogP contribution is -2.19. The number of methoxy groups -OCH3 is 1. The van der Waals surface area contributed by atoms with Crippen LogP contribution >= 0.6 is 15.9 Å². The first-order chi connectivity index (χ1) is 10.3. The van der Waals surface area contributed by atoms with Gasteiger partial charge in [-0.2, -0.15) is 4.98 Å². The van der Waals surface area contributed by atoms with Gasteiger partial charge in [0.1, 0.15) is 5.75 Å². The maximum atomic E-state index is 5.37. The lowest BCUT2D eigenvalue weighted by Gasteiger charge is -2.13. The summed E-state index contributed by atoms with van der Waals surface area (Å²) in [6, 6.07) is 5.90. The third-order valence-electron chi connectivity index (χ3n) is 3.32. The van der Waals surface area contributed by atoms with Crippen molar-refractivity contribution >= 4 is 15.9 Å². The van der Waals surface area contributed by atoms with Crippen LogP contribution in [0.25, 0.3) is 0 Å². The molecule has 1 atom stereocenters. The second kappa shape index (κ2) is 6.79. The van der Waals surface area contributed by atoms with Gasteiger partial charge in [0.2, 0.25) is 5.89 Å². The average molecular weight is 368 g/mol. The second-order valence-corrected chi connectivity index (χ2v) is 7.18. The van der Waals surface area contributed by atoms with E-state index in [-0.39, 0.29) is 11.5 Å². The number of hydrogen-bond donors (Lipinski definition) is 1. The first-order valence-corrected chi connectivity index (χ1v) is 8.00. The van der Waals surface area contributed by atoms with E-state index >= 15 is 0 Å². The Morgan fingerprint density at radius 1 is 1.36 bits per heavy atom. The predicted molar refractivity (Wildman–Crippen MR) is 88.9 cm³/mol. The van der Waals surface area contributed by atoms with Crippen molar-refractivity contribution in [1.82, 2.24) is 15.5 Å². The molecule has 0 saturated heterocycles. The number of rotatable bonds is 5. The summed E-state index contributed by atoms with van der Waals surface area (Å²) < 4.78 is 11.8. The molecule has 0 aliphatic rings. The SMILES string of the molecule is COc1ccc(Br)cc1CNC(C)c1nc(C(C)(C)C)no1. The molecule has 6 heteroatoms. The van der Waals surface area contributed by atoms with Crippen LogP contribution in [0.15, 0.2) is 27.2 Å². The van der Waals surface area contributed by atoms with Crippen molar-refractivity contribution in [2.24, 2.45) is 0 Å². The molecule has 1 heterocycles. The molecule has 0 aliphatic carbocycles. The molecule has 0 amide bonds. The topological polar surface area (TPSA) is 60.2 Å². The third kappa shape index (κ3) is 4.08. The molecule has 0 radical (unpaired) electrons. The van der Waals surface area contributed by atoms with Crippen LogP contribution in [-0.2, 0) is 12.0 Å². The summed E-state index contributed by atoms with van der Waals surface area (Å²) in [7, 11) is 1.67. The average Bonchev–Trinajstić information content (AvgIpc) is 2.95. The summed E-state index contributed by atoms with van der Waals surface area (Å²) in [6.45, 7) is 8.84. The molecule has 2 aromatic rings.